The Morgan fingerprint density at radius 1 is 0.826 bits per heavy atom. The molecule has 0 spiro atoms. The number of rotatable bonds is 6. The molecule has 0 heterocycles. The van der Waals surface area contributed by atoms with Crippen LogP contribution in [-0.2, 0) is 19.3 Å². The molecule has 0 aromatic heterocycles. The third-order valence-corrected chi connectivity index (χ3v) is 4.66. The van der Waals surface area contributed by atoms with Gasteiger partial charge in [0.05, 0.1) is 13.2 Å². The average molecular weight is 310 g/mol. The highest BCUT2D eigenvalue weighted by Gasteiger charge is 2.30. The molecule has 0 saturated carbocycles. The summed E-state index contributed by atoms with van der Waals surface area (Å²) in [5.41, 5.74) is 8.22. The molecule has 0 fully saturated rings. The van der Waals surface area contributed by atoms with Crippen molar-refractivity contribution in [2.24, 2.45) is 0 Å². The van der Waals surface area contributed by atoms with Crippen LogP contribution in [0, 0.1) is 0 Å². The van der Waals surface area contributed by atoms with Crippen molar-refractivity contribution in [3.63, 3.8) is 0 Å². The van der Waals surface area contributed by atoms with Gasteiger partial charge in [0.25, 0.3) is 0 Å². The highest BCUT2D eigenvalue weighted by molar-refractivity contribution is 5.85. The Bertz CT molecular complexity index is 716. The molecule has 23 heavy (non-hydrogen) atoms. The summed E-state index contributed by atoms with van der Waals surface area (Å²) in [6.07, 6.45) is 2.93. The molecule has 0 amide bonds. The summed E-state index contributed by atoms with van der Waals surface area (Å²) in [4.78, 5) is 0. The van der Waals surface area contributed by atoms with Gasteiger partial charge in [-0.15, -0.1) is 0 Å². The summed E-state index contributed by atoms with van der Waals surface area (Å²) < 4.78 is 12.1. The molecule has 2 aromatic rings. The first-order chi connectivity index (χ1) is 11.3. The summed E-state index contributed by atoms with van der Waals surface area (Å²) in [5, 5.41) is 0. The van der Waals surface area contributed by atoms with E-state index in [1.165, 1.54) is 33.4 Å². The zero-order valence-corrected chi connectivity index (χ0v) is 14.7. The highest BCUT2D eigenvalue weighted by Crippen LogP contribution is 2.50. The number of hydrogen-bond acceptors (Lipinski definition) is 2. The van der Waals surface area contributed by atoms with Crippen LogP contribution >= 0.6 is 0 Å². The molecule has 2 nitrogen and oxygen atoms in total. The first-order valence-electron chi connectivity index (χ1n) is 8.81. The van der Waals surface area contributed by atoms with Crippen LogP contribution in [0.15, 0.2) is 24.3 Å². The van der Waals surface area contributed by atoms with E-state index >= 15 is 0 Å². The monoisotopic (exact) mass is 310 g/mol. The third kappa shape index (κ3) is 2.50. The zero-order valence-electron chi connectivity index (χ0n) is 14.7. The Labute approximate surface area is 139 Å². The third-order valence-electron chi connectivity index (χ3n) is 4.66. The van der Waals surface area contributed by atoms with E-state index < -0.39 is 0 Å². The van der Waals surface area contributed by atoms with Crippen LogP contribution in [0.3, 0.4) is 0 Å². The highest BCUT2D eigenvalue weighted by atomic mass is 16.5. The van der Waals surface area contributed by atoms with Crippen LogP contribution in [0.4, 0.5) is 0 Å². The standard InChI is InChI=1S/C21H26O2/c1-5-15-16(6-2)20(22-7-3)21(23-8-4)18-13-14-11-9-10-12-17(14)19(15)18/h9-12H,5-8,13H2,1-4H3. The van der Waals surface area contributed by atoms with Crippen molar-refractivity contribution in [3.05, 3.63) is 46.5 Å². The van der Waals surface area contributed by atoms with Gasteiger partial charge >= 0.3 is 0 Å². The lowest BCUT2D eigenvalue weighted by atomic mass is 9.90. The van der Waals surface area contributed by atoms with Crippen LogP contribution in [0.25, 0.3) is 11.1 Å². The number of fused-ring (bicyclic) bond motifs is 3. The smallest absolute Gasteiger partial charge is 0.165 e. The molecule has 1 aliphatic carbocycles. The zero-order chi connectivity index (χ0) is 16.4. The topological polar surface area (TPSA) is 18.5 Å². The molecule has 0 atom stereocenters. The lowest BCUT2D eigenvalue weighted by Crippen LogP contribution is -2.08. The predicted octanol–water partition coefficient (Wildman–Crippen LogP) is 5.18. The summed E-state index contributed by atoms with van der Waals surface area (Å²) in [5.74, 6) is 1.94. The van der Waals surface area contributed by atoms with E-state index in [0.717, 1.165) is 30.8 Å². The van der Waals surface area contributed by atoms with Crippen LogP contribution < -0.4 is 9.47 Å². The van der Waals surface area contributed by atoms with Gasteiger partial charge in [-0.1, -0.05) is 38.1 Å². The van der Waals surface area contributed by atoms with E-state index in [9.17, 15) is 0 Å². The van der Waals surface area contributed by atoms with Crippen LogP contribution in [-0.4, -0.2) is 13.2 Å². The Morgan fingerprint density at radius 2 is 1.48 bits per heavy atom. The lowest BCUT2D eigenvalue weighted by molar-refractivity contribution is 0.283. The average Bonchev–Trinajstić information content (AvgIpc) is 2.95. The maximum Gasteiger partial charge on any atom is 0.165 e. The van der Waals surface area contributed by atoms with Crippen LogP contribution in [0.5, 0.6) is 11.5 Å². The molecule has 122 valence electrons. The van der Waals surface area contributed by atoms with Gasteiger partial charge in [0.15, 0.2) is 11.5 Å². The number of hydrogen-bond donors (Lipinski definition) is 0. The van der Waals surface area contributed by atoms with Crippen molar-refractivity contribution >= 4 is 0 Å². The quantitative estimate of drug-likeness (QED) is 0.624. The largest absolute Gasteiger partial charge is 0.490 e. The molecule has 0 aliphatic heterocycles. The molecule has 0 radical (unpaired) electrons. The Hall–Kier alpha value is -1.96. The molecule has 1 aliphatic rings. The maximum atomic E-state index is 6.08. The molecule has 3 rings (SSSR count). The van der Waals surface area contributed by atoms with Crippen molar-refractivity contribution in [1.82, 2.24) is 0 Å². The van der Waals surface area contributed by atoms with E-state index in [4.69, 9.17) is 9.47 Å². The molecule has 2 heteroatoms. The van der Waals surface area contributed by atoms with Gasteiger partial charge in [-0.2, -0.15) is 0 Å². The Morgan fingerprint density at radius 3 is 2.13 bits per heavy atom. The predicted molar refractivity (Wildman–Crippen MR) is 95.8 cm³/mol. The van der Waals surface area contributed by atoms with Gasteiger partial charge in [0.2, 0.25) is 0 Å². The first-order valence-corrected chi connectivity index (χ1v) is 8.81. The second kappa shape index (κ2) is 6.66. The van der Waals surface area contributed by atoms with Crippen molar-refractivity contribution in [3.8, 4) is 22.6 Å². The second-order valence-electron chi connectivity index (χ2n) is 5.88. The summed E-state index contributed by atoms with van der Waals surface area (Å²) in [7, 11) is 0. The van der Waals surface area contributed by atoms with E-state index in [-0.39, 0.29) is 0 Å². The van der Waals surface area contributed by atoms with E-state index in [1.807, 2.05) is 13.8 Å². The Kier molecular flexibility index (Phi) is 4.61. The summed E-state index contributed by atoms with van der Waals surface area (Å²) in [6, 6.07) is 8.74. The molecule has 0 saturated heterocycles. The van der Waals surface area contributed by atoms with Crippen LogP contribution in [0.2, 0.25) is 0 Å². The molecular formula is C21H26O2. The van der Waals surface area contributed by atoms with Gasteiger partial charge in [-0.25, -0.2) is 0 Å². The molecule has 0 unspecified atom stereocenters. The van der Waals surface area contributed by atoms with Crippen molar-refractivity contribution in [1.29, 1.82) is 0 Å². The maximum absolute atomic E-state index is 6.08. The second-order valence-corrected chi connectivity index (χ2v) is 5.88. The van der Waals surface area contributed by atoms with Crippen molar-refractivity contribution < 1.29 is 9.47 Å². The van der Waals surface area contributed by atoms with Crippen molar-refractivity contribution in [2.75, 3.05) is 13.2 Å². The summed E-state index contributed by atoms with van der Waals surface area (Å²) in [6.45, 7) is 9.87. The fourth-order valence-corrected chi connectivity index (χ4v) is 3.82. The number of ether oxygens (including phenoxy) is 2. The SMILES string of the molecule is CCOc1c(CC)c(CC)c2c(c1OCC)Cc1ccccc1-2. The van der Waals surface area contributed by atoms with E-state index in [1.54, 1.807) is 0 Å². The van der Waals surface area contributed by atoms with Gasteiger partial charge in [-0.05, 0) is 48.9 Å². The molecular weight excluding hydrogens is 284 g/mol. The summed E-state index contributed by atoms with van der Waals surface area (Å²) >= 11 is 0. The van der Waals surface area contributed by atoms with Gasteiger partial charge in [0, 0.05) is 17.5 Å². The Balaban J connectivity index is 2.34. The van der Waals surface area contributed by atoms with Crippen molar-refractivity contribution in [2.45, 2.75) is 47.0 Å². The minimum absolute atomic E-state index is 0.664. The molecule has 0 N–H and O–H groups in total. The lowest BCUT2D eigenvalue weighted by Gasteiger charge is -2.22. The fraction of sp³-hybridized carbons (Fsp3) is 0.429. The fourth-order valence-electron chi connectivity index (χ4n) is 3.82. The van der Waals surface area contributed by atoms with Gasteiger partial charge < -0.3 is 9.47 Å². The number of benzene rings is 2. The van der Waals surface area contributed by atoms with E-state index in [2.05, 4.69) is 38.1 Å². The molecule has 2 aromatic carbocycles. The normalized spacial score (nSPS) is 12.0. The van der Waals surface area contributed by atoms with Crippen LogP contribution in [0.1, 0.15) is 49.9 Å². The minimum atomic E-state index is 0.664. The first kappa shape index (κ1) is 15.9. The van der Waals surface area contributed by atoms with E-state index in [0.29, 0.717) is 13.2 Å². The minimum Gasteiger partial charge on any atom is -0.490 e. The molecule has 0 bridgehead atoms. The van der Waals surface area contributed by atoms with Gasteiger partial charge in [-0.3, -0.25) is 0 Å². The van der Waals surface area contributed by atoms with Gasteiger partial charge in [0.1, 0.15) is 0 Å².